The highest BCUT2D eigenvalue weighted by atomic mass is 35.5. The molecule has 1 aliphatic rings. The van der Waals surface area contributed by atoms with Crippen LogP contribution in [0, 0.1) is 12.8 Å². The number of halogens is 1. The van der Waals surface area contributed by atoms with E-state index in [-0.39, 0.29) is 5.38 Å². The summed E-state index contributed by atoms with van der Waals surface area (Å²) in [5, 5.41) is -0.0798. The van der Waals surface area contributed by atoms with Gasteiger partial charge in [-0.3, -0.25) is 0 Å². The Labute approximate surface area is 125 Å². The lowest BCUT2D eigenvalue weighted by Gasteiger charge is -2.29. The van der Waals surface area contributed by atoms with Crippen LogP contribution in [0.25, 0.3) is 11.2 Å². The predicted octanol–water partition coefficient (Wildman–Crippen LogP) is 4.79. The molecule has 2 heterocycles. The molecule has 0 bridgehead atoms. The molecule has 0 radical (unpaired) electrons. The van der Waals surface area contributed by atoms with Crippen LogP contribution in [0.2, 0.25) is 0 Å². The van der Waals surface area contributed by atoms with Crippen LogP contribution in [-0.2, 0) is 0 Å². The van der Waals surface area contributed by atoms with Crippen LogP contribution in [0.1, 0.15) is 62.5 Å². The Morgan fingerprint density at radius 2 is 1.90 bits per heavy atom. The van der Waals surface area contributed by atoms with E-state index < -0.39 is 0 Å². The van der Waals surface area contributed by atoms with Crippen LogP contribution in [0.4, 0.5) is 0 Å². The third-order valence-electron chi connectivity index (χ3n) is 4.41. The average molecular weight is 292 g/mol. The van der Waals surface area contributed by atoms with E-state index in [1.807, 2.05) is 19.9 Å². The molecule has 1 aliphatic carbocycles. The number of alkyl halides is 1. The van der Waals surface area contributed by atoms with Gasteiger partial charge in [0.15, 0.2) is 5.65 Å². The summed E-state index contributed by atoms with van der Waals surface area (Å²) in [5.41, 5.74) is 3.01. The molecular formula is C16H22ClN3. The van der Waals surface area contributed by atoms with Crippen LogP contribution < -0.4 is 0 Å². The molecule has 0 spiro atoms. The van der Waals surface area contributed by atoms with Crippen molar-refractivity contribution in [3.63, 3.8) is 0 Å². The van der Waals surface area contributed by atoms with Crippen LogP contribution >= 0.6 is 11.6 Å². The molecule has 1 saturated carbocycles. The summed E-state index contributed by atoms with van der Waals surface area (Å²) in [5.74, 6) is 1.81. The van der Waals surface area contributed by atoms with Gasteiger partial charge in [-0.05, 0) is 57.6 Å². The molecule has 3 nitrogen and oxygen atoms in total. The van der Waals surface area contributed by atoms with E-state index in [2.05, 4.69) is 17.6 Å². The summed E-state index contributed by atoms with van der Waals surface area (Å²) >= 11 is 6.36. The Balaban J connectivity index is 2.10. The molecule has 0 saturated heterocycles. The number of rotatable bonds is 2. The highest BCUT2D eigenvalue weighted by molar-refractivity contribution is 6.20. The molecular weight excluding hydrogens is 270 g/mol. The number of aryl methyl sites for hydroxylation is 1. The molecule has 0 aliphatic heterocycles. The van der Waals surface area contributed by atoms with Gasteiger partial charge in [0.05, 0.1) is 5.38 Å². The van der Waals surface area contributed by atoms with Gasteiger partial charge in [0, 0.05) is 11.7 Å². The molecule has 1 unspecified atom stereocenters. The zero-order valence-corrected chi connectivity index (χ0v) is 13.2. The number of pyridine rings is 1. The monoisotopic (exact) mass is 291 g/mol. The Kier molecular flexibility index (Phi) is 3.72. The zero-order valence-electron chi connectivity index (χ0n) is 12.4. The van der Waals surface area contributed by atoms with Gasteiger partial charge in [0.25, 0.3) is 0 Å². The maximum atomic E-state index is 6.36. The first kappa shape index (κ1) is 13.9. The standard InChI is InChI=1S/C16H22ClN3/c1-10-4-7-13(8-5-10)20-15(12(3)17)19-14-9-6-11(2)18-16(14)20/h6,9-10,12-13H,4-5,7-8H2,1-3H3. The fourth-order valence-corrected chi connectivity index (χ4v) is 3.38. The van der Waals surface area contributed by atoms with Crippen molar-refractivity contribution >= 4 is 22.8 Å². The number of hydrogen-bond acceptors (Lipinski definition) is 2. The molecule has 2 aromatic heterocycles. The smallest absolute Gasteiger partial charge is 0.160 e. The third kappa shape index (κ3) is 2.44. The molecule has 1 atom stereocenters. The largest absolute Gasteiger partial charge is 0.308 e. The van der Waals surface area contributed by atoms with E-state index in [4.69, 9.17) is 21.6 Å². The zero-order chi connectivity index (χ0) is 14.3. The van der Waals surface area contributed by atoms with E-state index in [0.717, 1.165) is 28.6 Å². The Bertz CT molecular complexity index is 609. The van der Waals surface area contributed by atoms with Crippen molar-refractivity contribution in [1.29, 1.82) is 0 Å². The fraction of sp³-hybridized carbons (Fsp3) is 0.625. The third-order valence-corrected chi connectivity index (χ3v) is 4.61. The number of fused-ring (bicyclic) bond motifs is 1. The molecule has 108 valence electrons. The highest BCUT2D eigenvalue weighted by Gasteiger charge is 2.26. The van der Waals surface area contributed by atoms with Crippen LogP contribution in [0.5, 0.6) is 0 Å². The summed E-state index contributed by atoms with van der Waals surface area (Å²) in [6.45, 7) is 6.37. The molecule has 20 heavy (non-hydrogen) atoms. The first-order valence-corrected chi connectivity index (χ1v) is 7.99. The van der Waals surface area contributed by atoms with Gasteiger partial charge < -0.3 is 4.57 Å². The van der Waals surface area contributed by atoms with E-state index in [1.165, 1.54) is 25.7 Å². The molecule has 0 amide bonds. The number of hydrogen-bond donors (Lipinski definition) is 0. The van der Waals surface area contributed by atoms with Gasteiger partial charge in [-0.15, -0.1) is 11.6 Å². The second-order valence-corrected chi connectivity index (χ2v) is 6.82. The lowest BCUT2D eigenvalue weighted by atomic mass is 9.87. The van der Waals surface area contributed by atoms with Crippen molar-refractivity contribution < 1.29 is 0 Å². The number of nitrogens with zero attached hydrogens (tertiary/aromatic N) is 3. The highest BCUT2D eigenvalue weighted by Crippen LogP contribution is 2.36. The van der Waals surface area contributed by atoms with E-state index >= 15 is 0 Å². The van der Waals surface area contributed by atoms with Crippen molar-refractivity contribution in [2.24, 2.45) is 5.92 Å². The molecule has 4 heteroatoms. The molecule has 1 fully saturated rings. The van der Waals surface area contributed by atoms with Crippen LogP contribution in [-0.4, -0.2) is 14.5 Å². The van der Waals surface area contributed by atoms with Crippen molar-refractivity contribution in [3.8, 4) is 0 Å². The normalized spacial score (nSPS) is 25.0. The quantitative estimate of drug-likeness (QED) is 0.745. The van der Waals surface area contributed by atoms with Gasteiger partial charge >= 0.3 is 0 Å². The summed E-state index contributed by atoms with van der Waals surface area (Å²) in [4.78, 5) is 9.43. The summed E-state index contributed by atoms with van der Waals surface area (Å²) < 4.78 is 2.31. The van der Waals surface area contributed by atoms with E-state index in [1.54, 1.807) is 0 Å². The molecule has 2 aromatic rings. The minimum absolute atomic E-state index is 0.0798. The topological polar surface area (TPSA) is 30.7 Å². The van der Waals surface area contributed by atoms with Crippen LogP contribution in [0.3, 0.4) is 0 Å². The van der Waals surface area contributed by atoms with Gasteiger partial charge in [-0.25, -0.2) is 9.97 Å². The van der Waals surface area contributed by atoms with Gasteiger partial charge in [-0.2, -0.15) is 0 Å². The molecule has 3 rings (SSSR count). The number of aromatic nitrogens is 3. The molecule has 0 N–H and O–H groups in total. The summed E-state index contributed by atoms with van der Waals surface area (Å²) in [6, 6.07) is 4.58. The van der Waals surface area contributed by atoms with Crippen molar-refractivity contribution in [2.45, 2.75) is 57.9 Å². The van der Waals surface area contributed by atoms with Gasteiger partial charge in [0.2, 0.25) is 0 Å². The lowest BCUT2D eigenvalue weighted by molar-refractivity contribution is 0.288. The Hall–Kier alpha value is -1.09. The minimum atomic E-state index is -0.0798. The first-order valence-electron chi connectivity index (χ1n) is 7.56. The lowest BCUT2D eigenvalue weighted by Crippen LogP contribution is -2.19. The van der Waals surface area contributed by atoms with Gasteiger partial charge in [-0.1, -0.05) is 6.92 Å². The molecule has 0 aromatic carbocycles. The van der Waals surface area contributed by atoms with Crippen molar-refractivity contribution in [1.82, 2.24) is 14.5 Å². The minimum Gasteiger partial charge on any atom is -0.308 e. The van der Waals surface area contributed by atoms with Gasteiger partial charge in [0.1, 0.15) is 11.3 Å². The Morgan fingerprint density at radius 1 is 1.20 bits per heavy atom. The first-order chi connectivity index (χ1) is 9.56. The number of imidazole rings is 1. The predicted molar refractivity (Wildman–Crippen MR) is 83.2 cm³/mol. The summed E-state index contributed by atoms with van der Waals surface area (Å²) in [7, 11) is 0. The van der Waals surface area contributed by atoms with Crippen molar-refractivity contribution in [3.05, 3.63) is 23.7 Å². The van der Waals surface area contributed by atoms with E-state index in [9.17, 15) is 0 Å². The maximum Gasteiger partial charge on any atom is 0.160 e. The van der Waals surface area contributed by atoms with Crippen molar-refractivity contribution in [2.75, 3.05) is 0 Å². The van der Waals surface area contributed by atoms with Crippen LogP contribution in [0.15, 0.2) is 12.1 Å². The summed E-state index contributed by atoms with van der Waals surface area (Å²) in [6.07, 6.45) is 4.98. The average Bonchev–Trinajstić information content (AvgIpc) is 2.78. The maximum absolute atomic E-state index is 6.36. The fourth-order valence-electron chi connectivity index (χ4n) is 3.23. The second kappa shape index (κ2) is 5.36. The Morgan fingerprint density at radius 3 is 2.55 bits per heavy atom. The second-order valence-electron chi connectivity index (χ2n) is 6.17. The van der Waals surface area contributed by atoms with E-state index in [0.29, 0.717) is 6.04 Å². The SMILES string of the molecule is Cc1ccc2nc(C(C)Cl)n(C3CCC(C)CC3)c2n1.